The Morgan fingerprint density at radius 3 is 2.69 bits per heavy atom. The highest BCUT2D eigenvalue weighted by Crippen LogP contribution is 2.41. The predicted molar refractivity (Wildman–Crippen MR) is 140 cm³/mol. The maximum atomic E-state index is 13.8. The van der Waals surface area contributed by atoms with E-state index in [9.17, 15) is 18.0 Å². The number of H-pyrrole nitrogens is 1. The van der Waals surface area contributed by atoms with Gasteiger partial charge in [-0.25, -0.2) is 9.78 Å². The van der Waals surface area contributed by atoms with Crippen molar-refractivity contribution in [3.8, 4) is 11.3 Å². The van der Waals surface area contributed by atoms with E-state index in [4.69, 9.17) is 15.7 Å². The largest absolute Gasteiger partial charge is 0.435 e. The van der Waals surface area contributed by atoms with E-state index < -0.39 is 23.9 Å². The number of hydrogen-bond donors (Lipinski definition) is 5. The molecule has 39 heavy (non-hydrogen) atoms. The van der Waals surface area contributed by atoms with E-state index in [1.54, 1.807) is 18.2 Å². The van der Waals surface area contributed by atoms with Crippen LogP contribution in [0.25, 0.3) is 22.2 Å². The molecule has 2 amide bonds. The standard InChI is InChI=1S/C26H27F3N8O2/c1-25(2,3)19-9-20(37-39-19)35-24(38)33-12-4-5-13-14(8-12)22(16-11-32-36-23(16)26(27,28)29)34-18-7-6-17(31)15(10-30)21(13)18/h6-7,9-12,30H,4-5,8,31H2,1-3H3,(H,32,36)(H2,33,35,37,38). The zero-order valence-corrected chi connectivity index (χ0v) is 21.5. The van der Waals surface area contributed by atoms with E-state index in [-0.39, 0.29) is 28.9 Å². The monoisotopic (exact) mass is 540 g/mol. The van der Waals surface area contributed by atoms with Crippen molar-refractivity contribution in [3.05, 3.63) is 52.5 Å². The van der Waals surface area contributed by atoms with Crippen molar-refractivity contribution >= 4 is 34.7 Å². The average Bonchev–Trinajstić information content (AvgIpc) is 3.53. The number of amides is 2. The number of rotatable bonds is 4. The number of anilines is 2. The van der Waals surface area contributed by atoms with E-state index in [0.29, 0.717) is 46.3 Å². The van der Waals surface area contributed by atoms with Crippen LogP contribution in [-0.2, 0) is 24.4 Å². The number of benzene rings is 1. The summed E-state index contributed by atoms with van der Waals surface area (Å²) in [5.41, 5.74) is 7.23. The van der Waals surface area contributed by atoms with Crippen LogP contribution in [0.2, 0.25) is 0 Å². The third-order valence-electron chi connectivity index (χ3n) is 6.77. The molecule has 1 aliphatic rings. The van der Waals surface area contributed by atoms with E-state index >= 15 is 0 Å². The highest BCUT2D eigenvalue weighted by Gasteiger charge is 2.39. The highest BCUT2D eigenvalue weighted by atomic mass is 19.4. The summed E-state index contributed by atoms with van der Waals surface area (Å²) in [4.78, 5) is 17.4. The number of aryl methyl sites for hydroxylation is 1. The fourth-order valence-electron chi connectivity index (χ4n) is 4.89. The first kappa shape index (κ1) is 26.2. The van der Waals surface area contributed by atoms with Gasteiger partial charge in [0.25, 0.3) is 0 Å². The Hall–Kier alpha value is -4.42. The fourth-order valence-corrected chi connectivity index (χ4v) is 4.89. The summed E-state index contributed by atoms with van der Waals surface area (Å²) in [5.74, 6) is 0.857. The van der Waals surface area contributed by atoms with Gasteiger partial charge in [-0.15, -0.1) is 0 Å². The highest BCUT2D eigenvalue weighted by molar-refractivity contribution is 6.05. The molecule has 1 unspecified atom stereocenters. The molecule has 204 valence electrons. The number of nitrogen functional groups attached to an aromatic ring is 1. The Balaban J connectivity index is 1.52. The summed E-state index contributed by atoms with van der Waals surface area (Å²) in [7, 11) is 0. The summed E-state index contributed by atoms with van der Waals surface area (Å²) >= 11 is 0. The molecule has 3 aromatic heterocycles. The van der Waals surface area contributed by atoms with Gasteiger partial charge in [-0.2, -0.15) is 18.3 Å². The number of fused-ring (bicyclic) bond motifs is 3. The number of aromatic nitrogens is 4. The smallest absolute Gasteiger partial charge is 0.398 e. The van der Waals surface area contributed by atoms with Gasteiger partial charge in [-0.3, -0.25) is 10.4 Å². The lowest BCUT2D eigenvalue weighted by Gasteiger charge is -2.29. The van der Waals surface area contributed by atoms with E-state index in [1.807, 2.05) is 20.8 Å². The number of nitrogens with one attached hydrogen (secondary N) is 4. The number of urea groups is 1. The molecule has 5 rings (SSSR count). The lowest BCUT2D eigenvalue weighted by Crippen LogP contribution is -2.41. The van der Waals surface area contributed by atoms with Crippen LogP contribution in [0, 0.1) is 5.41 Å². The summed E-state index contributed by atoms with van der Waals surface area (Å²) in [5, 5.41) is 23.7. The number of nitrogens with zero attached hydrogens (tertiary/aromatic N) is 3. The first-order chi connectivity index (χ1) is 18.4. The van der Waals surface area contributed by atoms with Crippen LogP contribution in [0.3, 0.4) is 0 Å². The van der Waals surface area contributed by atoms with Crippen molar-refractivity contribution < 1.29 is 22.5 Å². The molecule has 0 aliphatic heterocycles. The maximum Gasteiger partial charge on any atom is 0.435 e. The van der Waals surface area contributed by atoms with Crippen LogP contribution in [0.5, 0.6) is 0 Å². The molecule has 6 N–H and O–H groups in total. The Labute approximate surface area is 221 Å². The van der Waals surface area contributed by atoms with Crippen molar-refractivity contribution in [2.24, 2.45) is 0 Å². The third kappa shape index (κ3) is 4.91. The molecule has 0 saturated heterocycles. The number of halogens is 3. The molecule has 0 radical (unpaired) electrons. The van der Waals surface area contributed by atoms with Gasteiger partial charge in [0.1, 0.15) is 5.76 Å². The van der Waals surface area contributed by atoms with Gasteiger partial charge in [0, 0.05) is 46.6 Å². The van der Waals surface area contributed by atoms with Crippen LogP contribution in [0.1, 0.15) is 55.3 Å². The molecule has 4 aromatic rings. The number of alkyl halides is 3. The van der Waals surface area contributed by atoms with Gasteiger partial charge in [0.05, 0.1) is 16.8 Å². The molecule has 13 heteroatoms. The number of carbonyl (C=O) groups is 1. The zero-order chi connectivity index (χ0) is 28.1. The number of hydrogen-bond acceptors (Lipinski definition) is 7. The minimum absolute atomic E-state index is 0.123. The van der Waals surface area contributed by atoms with Gasteiger partial charge in [-0.1, -0.05) is 25.9 Å². The molecule has 0 saturated carbocycles. The minimum atomic E-state index is -4.70. The lowest BCUT2D eigenvalue weighted by molar-refractivity contribution is -0.140. The van der Waals surface area contributed by atoms with Crippen molar-refractivity contribution in [3.63, 3.8) is 0 Å². The molecule has 3 heterocycles. The summed E-state index contributed by atoms with van der Waals surface area (Å²) in [6.07, 6.45) is -1.26. The van der Waals surface area contributed by atoms with Gasteiger partial charge in [0.2, 0.25) is 0 Å². The first-order valence-corrected chi connectivity index (χ1v) is 12.3. The SMILES string of the molecule is CC(C)(C)c1cc(NC(=O)NC2CCc3c(c(-c4c[nH]nc4C(F)(F)F)nc4ccc(N)c(C=N)c34)C2)no1. The lowest BCUT2D eigenvalue weighted by atomic mass is 9.82. The normalized spacial score (nSPS) is 15.7. The molecular weight excluding hydrogens is 513 g/mol. The van der Waals surface area contributed by atoms with Crippen molar-refractivity contribution in [1.82, 2.24) is 25.7 Å². The first-order valence-electron chi connectivity index (χ1n) is 12.3. The summed E-state index contributed by atoms with van der Waals surface area (Å²) < 4.78 is 46.6. The quantitative estimate of drug-likeness (QED) is 0.177. The average molecular weight is 541 g/mol. The fraction of sp³-hybridized carbons (Fsp3) is 0.346. The predicted octanol–water partition coefficient (Wildman–Crippen LogP) is 5.19. The Kier molecular flexibility index (Phi) is 6.31. The molecule has 1 aromatic carbocycles. The number of carbonyl (C=O) groups excluding carboxylic acids is 1. The molecule has 0 spiro atoms. The van der Waals surface area contributed by atoms with Crippen molar-refractivity contribution in [2.75, 3.05) is 11.1 Å². The van der Waals surface area contributed by atoms with Crippen LogP contribution in [0.4, 0.5) is 29.5 Å². The summed E-state index contributed by atoms with van der Waals surface area (Å²) in [6.45, 7) is 5.86. The van der Waals surface area contributed by atoms with Gasteiger partial charge >= 0.3 is 12.2 Å². The van der Waals surface area contributed by atoms with E-state index in [2.05, 4.69) is 31.0 Å². The van der Waals surface area contributed by atoms with Crippen LogP contribution < -0.4 is 16.4 Å². The van der Waals surface area contributed by atoms with Crippen LogP contribution >= 0.6 is 0 Å². The van der Waals surface area contributed by atoms with Gasteiger partial charge in [-0.05, 0) is 42.5 Å². The molecule has 0 bridgehead atoms. The molecule has 1 aliphatic carbocycles. The second-order valence-electron chi connectivity index (χ2n) is 10.5. The van der Waals surface area contributed by atoms with Crippen molar-refractivity contribution in [1.29, 1.82) is 5.41 Å². The van der Waals surface area contributed by atoms with E-state index in [0.717, 1.165) is 11.8 Å². The second kappa shape index (κ2) is 9.40. The Morgan fingerprint density at radius 2 is 2.03 bits per heavy atom. The minimum Gasteiger partial charge on any atom is -0.398 e. The number of aromatic amines is 1. The summed E-state index contributed by atoms with van der Waals surface area (Å²) in [6, 6.07) is 3.94. The molecule has 1 atom stereocenters. The molecular formula is C26H27F3N8O2. The number of pyridine rings is 1. The second-order valence-corrected chi connectivity index (χ2v) is 10.5. The third-order valence-corrected chi connectivity index (χ3v) is 6.77. The number of nitrogens with two attached hydrogens (primary N) is 1. The van der Waals surface area contributed by atoms with Crippen molar-refractivity contribution in [2.45, 2.75) is 57.7 Å². The van der Waals surface area contributed by atoms with Gasteiger partial charge in [0.15, 0.2) is 11.5 Å². The Bertz CT molecular complexity index is 1580. The Morgan fingerprint density at radius 1 is 1.26 bits per heavy atom. The van der Waals surface area contributed by atoms with E-state index in [1.165, 1.54) is 6.20 Å². The van der Waals surface area contributed by atoms with Gasteiger partial charge < -0.3 is 21.0 Å². The van der Waals surface area contributed by atoms with Crippen LogP contribution in [0.15, 0.2) is 28.9 Å². The topological polar surface area (TPSA) is 159 Å². The molecule has 10 nitrogen and oxygen atoms in total. The zero-order valence-electron chi connectivity index (χ0n) is 21.5. The molecule has 0 fully saturated rings. The maximum absolute atomic E-state index is 13.8. The van der Waals surface area contributed by atoms with Crippen LogP contribution in [-0.4, -0.2) is 38.6 Å².